The number of fused-ring (bicyclic) bond motifs is 1. The SMILES string of the molecule is CC(=O)N1CCN(c2nc(NC3COC3)cc(C(=O)NCC(O)CN3CCc4c(ccc(OCc5ocnc5C)c4C)C3)n2)CC1. The predicted octanol–water partition coefficient (Wildman–Crippen LogP) is 1.29. The second kappa shape index (κ2) is 14.0. The van der Waals surface area contributed by atoms with E-state index in [-0.39, 0.29) is 30.1 Å². The minimum atomic E-state index is -0.759. The van der Waals surface area contributed by atoms with Crippen molar-refractivity contribution >= 4 is 23.6 Å². The lowest BCUT2D eigenvalue weighted by atomic mass is 9.94. The first-order chi connectivity index (χ1) is 22.2. The molecule has 0 spiro atoms. The number of carbonyl (C=O) groups is 2. The Morgan fingerprint density at radius 3 is 2.63 bits per heavy atom. The molecule has 0 bridgehead atoms. The molecule has 2 amide bonds. The van der Waals surface area contributed by atoms with E-state index in [1.54, 1.807) is 17.9 Å². The monoisotopic (exact) mass is 634 g/mol. The van der Waals surface area contributed by atoms with Crippen LogP contribution in [0.1, 0.15) is 45.6 Å². The molecule has 2 fully saturated rings. The number of hydrogen-bond acceptors (Lipinski definition) is 12. The minimum Gasteiger partial charge on any atom is -0.485 e. The quantitative estimate of drug-likeness (QED) is 0.278. The van der Waals surface area contributed by atoms with Crippen molar-refractivity contribution in [3.05, 3.63) is 58.4 Å². The van der Waals surface area contributed by atoms with Crippen LogP contribution >= 0.6 is 0 Å². The Kier molecular flexibility index (Phi) is 9.66. The highest BCUT2D eigenvalue weighted by molar-refractivity contribution is 5.93. The summed E-state index contributed by atoms with van der Waals surface area (Å²) in [6.45, 7) is 11.3. The first-order valence-electron chi connectivity index (χ1n) is 15.8. The van der Waals surface area contributed by atoms with Gasteiger partial charge in [-0.2, -0.15) is 4.98 Å². The van der Waals surface area contributed by atoms with Gasteiger partial charge >= 0.3 is 0 Å². The molecule has 1 unspecified atom stereocenters. The molecule has 3 aliphatic heterocycles. The maximum atomic E-state index is 13.2. The number of aryl methyl sites for hydroxylation is 1. The molecule has 3 aliphatic rings. The molecular formula is C32H42N8O6. The van der Waals surface area contributed by atoms with Crippen LogP contribution in [-0.2, 0) is 29.1 Å². The van der Waals surface area contributed by atoms with Crippen LogP contribution in [0, 0.1) is 13.8 Å². The molecule has 0 saturated carbocycles. The van der Waals surface area contributed by atoms with Crippen LogP contribution in [-0.4, -0.2) is 113 Å². The van der Waals surface area contributed by atoms with Gasteiger partial charge < -0.3 is 39.4 Å². The second-order valence-electron chi connectivity index (χ2n) is 12.1. The molecule has 6 rings (SSSR count). The van der Waals surface area contributed by atoms with Crippen molar-refractivity contribution in [2.24, 2.45) is 0 Å². The van der Waals surface area contributed by atoms with Crippen molar-refractivity contribution in [1.82, 2.24) is 30.1 Å². The van der Waals surface area contributed by atoms with E-state index in [1.165, 1.54) is 17.5 Å². The third kappa shape index (κ3) is 7.40. The Hall–Kier alpha value is -4.27. The molecule has 2 saturated heterocycles. The number of aliphatic hydroxyl groups is 1. The lowest BCUT2D eigenvalue weighted by molar-refractivity contribution is -0.129. The summed E-state index contributed by atoms with van der Waals surface area (Å²) in [6, 6.07) is 5.82. The Balaban J connectivity index is 1.03. The predicted molar refractivity (Wildman–Crippen MR) is 169 cm³/mol. The normalized spacial score (nSPS) is 17.7. The van der Waals surface area contributed by atoms with E-state index >= 15 is 0 Å². The first-order valence-corrected chi connectivity index (χ1v) is 15.8. The zero-order valence-corrected chi connectivity index (χ0v) is 26.6. The van der Waals surface area contributed by atoms with Gasteiger partial charge in [-0.25, -0.2) is 9.97 Å². The van der Waals surface area contributed by atoms with Crippen molar-refractivity contribution in [2.75, 3.05) is 69.2 Å². The largest absolute Gasteiger partial charge is 0.485 e. The number of benzene rings is 1. The molecule has 3 N–H and O–H groups in total. The average Bonchev–Trinajstić information content (AvgIpc) is 3.45. The van der Waals surface area contributed by atoms with Crippen molar-refractivity contribution in [3.8, 4) is 5.75 Å². The van der Waals surface area contributed by atoms with Crippen LogP contribution in [0.2, 0.25) is 0 Å². The van der Waals surface area contributed by atoms with Crippen molar-refractivity contribution in [1.29, 1.82) is 0 Å². The van der Waals surface area contributed by atoms with Gasteiger partial charge in [0.15, 0.2) is 12.2 Å². The highest BCUT2D eigenvalue weighted by Crippen LogP contribution is 2.30. The van der Waals surface area contributed by atoms with E-state index < -0.39 is 6.10 Å². The molecule has 246 valence electrons. The van der Waals surface area contributed by atoms with Gasteiger partial charge in [-0.1, -0.05) is 6.07 Å². The summed E-state index contributed by atoms with van der Waals surface area (Å²) in [7, 11) is 0. The standard InChI is InChI=1S/C32H42N8O6/c1-20-26-6-7-38(14-23(26)4-5-28(20)45-18-29-21(2)34-19-46-29)15-25(42)13-33-31(43)27-12-30(35-24-16-44-17-24)37-32(36-27)40-10-8-39(9-11-40)22(3)41/h4-5,12,19,24-25,42H,6-11,13-18H2,1-3H3,(H,33,43)(H,35,36,37). The van der Waals surface area contributed by atoms with E-state index in [0.717, 1.165) is 35.7 Å². The number of piperazine rings is 1. The van der Waals surface area contributed by atoms with Gasteiger partial charge in [-0.15, -0.1) is 0 Å². The molecule has 3 aromatic rings. The Morgan fingerprint density at radius 1 is 1.13 bits per heavy atom. The van der Waals surface area contributed by atoms with Gasteiger partial charge in [0.05, 0.1) is 31.1 Å². The molecule has 14 heteroatoms. The lowest BCUT2D eigenvalue weighted by Gasteiger charge is -2.34. The Bertz CT molecular complexity index is 1550. The number of carbonyl (C=O) groups excluding carboxylic acids is 2. The number of oxazole rings is 1. The highest BCUT2D eigenvalue weighted by Gasteiger charge is 2.26. The fourth-order valence-corrected chi connectivity index (χ4v) is 5.98. The van der Waals surface area contributed by atoms with Crippen LogP contribution in [0.3, 0.4) is 0 Å². The Labute approximate surface area is 268 Å². The zero-order valence-electron chi connectivity index (χ0n) is 26.6. The van der Waals surface area contributed by atoms with E-state index in [4.69, 9.17) is 13.9 Å². The molecule has 1 atom stereocenters. The summed E-state index contributed by atoms with van der Waals surface area (Å²) in [4.78, 5) is 44.3. The molecule has 0 radical (unpaired) electrons. The maximum Gasteiger partial charge on any atom is 0.270 e. The number of nitrogens with one attached hydrogen (secondary N) is 2. The number of hydrogen-bond donors (Lipinski definition) is 3. The molecule has 5 heterocycles. The molecule has 2 aromatic heterocycles. The number of ether oxygens (including phenoxy) is 2. The molecule has 14 nitrogen and oxygen atoms in total. The number of amides is 2. The summed E-state index contributed by atoms with van der Waals surface area (Å²) in [5, 5.41) is 17.0. The number of anilines is 2. The van der Waals surface area contributed by atoms with E-state index in [2.05, 4.69) is 43.5 Å². The highest BCUT2D eigenvalue weighted by atomic mass is 16.5. The number of aliphatic hydroxyl groups excluding tert-OH is 1. The number of rotatable bonds is 11. The third-order valence-electron chi connectivity index (χ3n) is 8.83. The number of nitrogens with zero attached hydrogens (tertiary/aromatic N) is 6. The van der Waals surface area contributed by atoms with Crippen molar-refractivity contribution in [3.63, 3.8) is 0 Å². The lowest BCUT2D eigenvalue weighted by Crippen LogP contribution is -2.49. The molecule has 1 aromatic carbocycles. The maximum absolute atomic E-state index is 13.2. The fraction of sp³-hybridized carbons (Fsp3) is 0.531. The van der Waals surface area contributed by atoms with Crippen LogP contribution in [0.25, 0.3) is 0 Å². The second-order valence-corrected chi connectivity index (χ2v) is 12.1. The minimum absolute atomic E-state index is 0.0393. The van der Waals surface area contributed by atoms with Crippen molar-refractivity contribution < 1.29 is 28.6 Å². The summed E-state index contributed by atoms with van der Waals surface area (Å²) < 4.78 is 16.7. The van der Waals surface area contributed by atoms with Gasteiger partial charge in [-0.05, 0) is 43.0 Å². The van der Waals surface area contributed by atoms with Crippen molar-refractivity contribution in [2.45, 2.75) is 52.5 Å². The summed E-state index contributed by atoms with van der Waals surface area (Å²) in [5.74, 6) is 2.18. The summed E-state index contributed by atoms with van der Waals surface area (Å²) in [5.41, 5.74) is 4.63. The topological polar surface area (TPSA) is 158 Å². The average molecular weight is 635 g/mol. The van der Waals surface area contributed by atoms with Gasteiger partial charge in [0.1, 0.15) is 23.9 Å². The van der Waals surface area contributed by atoms with E-state index in [9.17, 15) is 14.7 Å². The summed E-state index contributed by atoms with van der Waals surface area (Å²) >= 11 is 0. The van der Waals surface area contributed by atoms with Crippen LogP contribution in [0.5, 0.6) is 5.75 Å². The van der Waals surface area contributed by atoms with Gasteiger partial charge in [0.2, 0.25) is 11.9 Å². The van der Waals surface area contributed by atoms with E-state index in [1.807, 2.05) is 17.9 Å². The van der Waals surface area contributed by atoms with Crippen LogP contribution < -0.4 is 20.3 Å². The number of aromatic nitrogens is 3. The first kappa shape index (κ1) is 31.7. The van der Waals surface area contributed by atoms with Gasteiger partial charge in [-0.3, -0.25) is 14.5 Å². The van der Waals surface area contributed by atoms with Crippen LogP contribution in [0.4, 0.5) is 11.8 Å². The zero-order chi connectivity index (χ0) is 32.2. The van der Waals surface area contributed by atoms with E-state index in [0.29, 0.717) is 70.9 Å². The fourth-order valence-electron chi connectivity index (χ4n) is 5.98. The smallest absolute Gasteiger partial charge is 0.270 e. The third-order valence-corrected chi connectivity index (χ3v) is 8.83. The summed E-state index contributed by atoms with van der Waals surface area (Å²) in [6.07, 6.45) is 1.51. The molecule has 46 heavy (non-hydrogen) atoms. The van der Waals surface area contributed by atoms with Crippen LogP contribution in [0.15, 0.2) is 29.0 Å². The number of β-amino-alcohol motifs (C(OH)–C–C–N with tert-alkyl or cyclic N) is 1. The van der Waals surface area contributed by atoms with Gasteiger partial charge in [0, 0.05) is 65.3 Å². The molecule has 0 aliphatic carbocycles. The van der Waals surface area contributed by atoms with Gasteiger partial charge in [0.25, 0.3) is 5.91 Å². The molecular weight excluding hydrogens is 592 g/mol. The Morgan fingerprint density at radius 2 is 1.93 bits per heavy atom.